The number of carbonyl (C=O) groups is 5. The topological polar surface area (TPSA) is 235 Å². The van der Waals surface area contributed by atoms with Gasteiger partial charge in [0.25, 0.3) is 17.1 Å². The van der Waals surface area contributed by atoms with Crippen LogP contribution >= 0.6 is 0 Å². The lowest BCUT2D eigenvalue weighted by atomic mass is 9.73. The number of aryl methyl sites for hydroxylation is 1. The number of nitrogens with one attached hydrogen (secondary N) is 2. The Balaban J connectivity index is 0.000000224. The average molecular weight is 852 g/mol. The lowest BCUT2D eigenvalue weighted by Gasteiger charge is -2.34. The summed E-state index contributed by atoms with van der Waals surface area (Å²) in [7, 11) is 2.16. The number of amides is 1. The molecule has 0 saturated carbocycles. The number of aliphatic hydroxyl groups is 2. The Kier molecular flexibility index (Phi) is 14.2. The summed E-state index contributed by atoms with van der Waals surface area (Å²) in [6.07, 6.45) is 5.22. The molecule has 1 aliphatic heterocycles. The van der Waals surface area contributed by atoms with Crippen LogP contribution in [0.1, 0.15) is 42.2 Å². The van der Waals surface area contributed by atoms with Crippen LogP contribution in [0.15, 0.2) is 140 Å². The quantitative estimate of drug-likeness (QED) is 0.0627. The Labute approximate surface area is 362 Å². The van der Waals surface area contributed by atoms with E-state index in [4.69, 9.17) is 0 Å². The van der Waals surface area contributed by atoms with Crippen LogP contribution in [0.25, 0.3) is 11.3 Å². The Hall–Kier alpha value is -7.50. The molecule has 0 radical (unpaired) electrons. The van der Waals surface area contributed by atoms with E-state index in [1.54, 1.807) is 18.6 Å². The van der Waals surface area contributed by atoms with Gasteiger partial charge in [-0.05, 0) is 67.6 Å². The van der Waals surface area contributed by atoms with Gasteiger partial charge in [-0.15, -0.1) is 0 Å². The molecular formula is C47H45N7O9. The maximum absolute atomic E-state index is 12.9. The first-order valence-corrected chi connectivity index (χ1v) is 19.7. The molecule has 2 aromatic heterocycles. The molecule has 7 rings (SSSR count). The summed E-state index contributed by atoms with van der Waals surface area (Å²) in [6, 6.07) is 32.1. The monoisotopic (exact) mass is 851 g/mol. The van der Waals surface area contributed by atoms with Gasteiger partial charge >= 0.3 is 11.9 Å². The molecule has 1 aliphatic rings. The zero-order valence-corrected chi connectivity index (χ0v) is 34.4. The summed E-state index contributed by atoms with van der Waals surface area (Å²) in [4.78, 5) is 79.4. The first kappa shape index (κ1) is 45.0. The second-order valence-corrected chi connectivity index (χ2v) is 14.8. The number of carboxylic acids is 2. The van der Waals surface area contributed by atoms with Crippen LogP contribution in [0.3, 0.4) is 0 Å². The van der Waals surface area contributed by atoms with Crippen LogP contribution in [-0.4, -0.2) is 119 Å². The molecule has 3 heterocycles. The second-order valence-electron chi connectivity index (χ2n) is 14.8. The number of Topliss-reactive ketones (excluding diaryl/α,β-unsaturated/α-hetero) is 2. The maximum atomic E-state index is 12.9. The summed E-state index contributed by atoms with van der Waals surface area (Å²) in [5.74, 6) is -7.69. The van der Waals surface area contributed by atoms with E-state index in [0.29, 0.717) is 17.2 Å². The summed E-state index contributed by atoms with van der Waals surface area (Å²) < 4.78 is 0. The first-order chi connectivity index (χ1) is 30.2. The van der Waals surface area contributed by atoms with Gasteiger partial charge in [0.05, 0.1) is 5.69 Å². The Morgan fingerprint density at radius 2 is 1.27 bits per heavy atom. The highest BCUT2D eigenvalue weighted by molar-refractivity contribution is 6.28. The fourth-order valence-corrected chi connectivity index (χ4v) is 6.71. The highest BCUT2D eigenvalue weighted by atomic mass is 16.5. The van der Waals surface area contributed by atoms with Crippen molar-refractivity contribution in [1.29, 1.82) is 0 Å². The second kappa shape index (κ2) is 19.9. The molecule has 2 unspecified atom stereocenters. The molecule has 2 atom stereocenters. The molecule has 322 valence electrons. The molecule has 16 nitrogen and oxygen atoms in total. The van der Waals surface area contributed by atoms with Crippen molar-refractivity contribution < 1.29 is 44.4 Å². The molecule has 16 heteroatoms. The zero-order valence-electron chi connectivity index (χ0n) is 34.4. The number of carbonyl (C=O) groups excluding carboxylic acids is 3. The minimum atomic E-state index is -3.95. The van der Waals surface area contributed by atoms with Gasteiger partial charge in [0, 0.05) is 84.9 Å². The van der Waals surface area contributed by atoms with Crippen molar-refractivity contribution in [2.45, 2.75) is 24.7 Å². The number of hydrogen-bond acceptors (Lipinski definition) is 13. The van der Waals surface area contributed by atoms with E-state index in [2.05, 4.69) is 42.4 Å². The lowest BCUT2D eigenvalue weighted by Crippen LogP contribution is -2.71. The number of piperazine rings is 1. The molecule has 0 bridgehead atoms. The van der Waals surface area contributed by atoms with Gasteiger partial charge in [-0.2, -0.15) is 0 Å². The number of ketones is 2. The van der Waals surface area contributed by atoms with Gasteiger partial charge in [-0.25, -0.2) is 19.6 Å². The maximum Gasteiger partial charge on any atom is 0.348 e. The smallest absolute Gasteiger partial charge is 0.348 e. The van der Waals surface area contributed by atoms with Crippen molar-refractivity contribution in [2.24, 2.45) is 0 Å². The van der Waals surface area contributed by atoms with Crippen LogP contribution in [0.5, 0.6) is 0 Å². The fraction of sp³-hybridized carbons (Fsp3) is 0.191. The van der Waals surface area contributed by atoms with Gasteiger partial charge in [0.1, 0.15) is 0 Å². The van der Waals surface area contributed by atoms with Crippen molar-refractivity contribution in [1.82, 2.24) is 24.8 Å². The van der Waals surface area contributed by atoms with Crippen LogP contribution < -0.4 is 10.6 Å². The average Bonchev–Trinajstić information content (AvgIpc) is 3.31. The lowest BCUT2D eigenvalue weighted by molar-refractivity contribution is -0.187. The van der Waals surface area contributed by atoms with E-state index in [1.165, 1.54) is 42.0 Å². The Bertz CT molecular complexity index is 2500. The Morgan fingerprint density at radius 1 is 0.683 bits per heavy atom. The number of likely N-dealkylation sites (N-methyl/N-ethyl adjacent to an activating group) is 1. The fourth-order valence-electron chi connectivity index (χ4n) is 6.71. The predicted molar refractivity (Wildman–Crippen MR) is 234 cm³/mol. The number of aliphatic carboxylic acids is 2. The number of benzene rings is 4. The number of hydrogen-bond donors (Lipinski definition) is 6. The standard InChI is InChI=1S/C29H31N7O.C18H14O8/c1-21-5-10-25(18-27(21)34-29-31-13-11-26(33-29)24-4-3-12-30-19-24)32-28(37)23-8-6-22(7-9-23)20-36-16-14-35(2)15-17-36;19-13(11-7-3-1-4-8-11)17(25,15(21)22)18(26,16(23)24)14(20)12-9-5-2-6-10-12/h3-13,18-19H,14-17,20H2,1-2H3,(H,32,37)(H,31,33,34);1-10,25-26H,(H,21,22)(H,23,24). The number of aromatic nitrogens is 3. The van der Waals surface area contributed by atoms with Crippen molar-refractivity contribution in [3.05, 3.63) is 168 Å². The predicted octanol–water partition coefficient (Wildman–Crippen LogP) is 4.97. The molecule has 1 amide bonds. The summed E-state index contributed by atoms with van der Waals surface area (Å²) in [5, 5.41) is 46.2. The number of pyridine rings is 1. The van der Waals surface area contributed by atoms with E-state index in [9.17, 15) is 44.4 Å². The molecule has 63 heavy (non-hydrogen) atoms. The minimum Gasteiger partial charge on any atom is -0.479 e. The molecule has 1 fully saturated rings. The van der Waals surface area contributed by atoms with Crippen LogP contribution in [-0.2, 0) is 16.1 Å². The zero-order chi connectivity index (χ0) is 45.1. The van der Waals surface area contributed by atoms with E-state index < -0.39 is 45.8 Å². The van der Waals surface area contributed by atoms with Crippen molar-refractivity contribution >= 4 is 46.7 Å². The van der Waals surface area contributed by atoms with Gasteiger partial charge in [-0.3, -0.25) is 24.3 Å². The third-order valence-electron chi connectivity index (χ3n) is 10.4. The van der Waals surface area contributed by atoms with Crippen LogP contribution in [0, 0.1) is 6.92 Å². The van der Waals surface area contributed by atoms with Crippen molar-refractivity contribution in [3.63, 3.8) is 0 Å². The third kappa shape index (κ3) is 10.3. The molecule has 6 N–H and O–H groups in total. The molecule has 4 aromatic carbocycles. The van der Waals surface area contributed by atoms with Crippen molar-refractivity contribution in [2.75, 3.05) is 43.9 Å². The number of nitrogens with zero attached hydrogens (tertiary/aromatic N) is 5. The highest BCUT2D eigenvalue weighted by Crippen LogP contribution is 2.32. The molecule has 1 saturated heterocycles. The van der Waals surface area contributed by atoms with Gasteiger partial charge in [0.2, 0.25) is 17.5 Å². The highest BCUT2D eigenvalue weighted by Gasteiger charge is 2.69. The largest absolute Gasteiger partial charge is 0.479 e. The van der Waals surface area contributed by atoms with E-state index in [0.717, 1.165) is 79.5 Å². The molecular weight excluding hydrogens is 807 g/mol. The summed E-state index contributed by atoms with van der Waals surface area (Å²) in [5.41, 5.74) is -2.60. The number of anilines is 3. The van der Waals surface area contributed by atoms with Crippen LogP contribution in [0.2, 0.25) is 0 Å². The number of rotatable bonds is 14. The van der Waals surface area contributed by atoms with Gasteiger partial charge in [0.15, 0.2) is 0 Å². The number of carboxylic acid groups (broad SMARTS) is 2. The molecule has 0 spiro atoms. The van der Waals surface area contributed by atoms with Gasteiger partial charge in [-0.1, -0.05) is 78.9 Å². The van der Waals surface area contributed by atoms with Gasteiger partial charge < -0.3 is 36.0 Å². The third-order valence-corrected chi connectivity index (χ3v) is 10.4. The molecule has 6 aromatic rings. The van der Waals surface area contributed by atoms with E-state index in [-0.39, 0.29) is 5.91 Å². The van der Waals surface area contributed by atoms with E-state index in [1.807, 2.05) is 67.6 Å². The molecule has 0 aliphatic carbocycles. The van der Waals surface area contributed by atoms with Crippen molar-refractivity contribution in [3.8, 4) is 11.3 Å². The minimum absolute atomic E-state index is 0.143. The summed E-state index contributed by atoms with van der Waals surface area (Å²) in [6.45, 7) is 7.24. The summed E-state index contributed by atoms with van der Waals surface area (Å²) >= 11 is 0. The SMILES string of the molecule is Cc1ccc(NC(=O)c2ccc(CN3CCN(C)CC3)cc2)cc1Nc1nccc(-c2cccnc2)n1.O=C(O)C(O)(C(=O)c1ccccc1)C(O)(C(=O)O)C(=O)c1ccccc1. The van der Waals surface area contributed by atoms with E-state index >= 15 is 0 Å². The Morgan fingerprint density at radius 3 is 1.81 bits per heavy atom. The normalized spacial score (nSPS) is 14.7. The first-order valence-electron chi connectivity index (χ1n) is 19.7. The van der Waals surface area contributed by atoms with Crippen LogP contribution in [0.4, 0.5) is 17.3 Å².